The van der Waals surface area contributed by atoms with Crippen LogP contribution in [0, 0.1) is 5.41 Å². The number of aliphatic hydroxyl groups excluding tert-OH is 2. The van der Waals surface area contributed by atoms with Crippen molar-refractivity contribution < 1.29 is 10.2 Å². The number of hydrogen-bond acceptors (Lipinski definition) is 5. The molecule has 5 heteroatoms. The lowest BCUT2D eigenvalue weighted by molar-refractivity contribution is 0.0309. The fourth-order valence-electron chi connectivity index (χ4n) is 3.57. The lowest BCUT2D eigenvalue weighted by Crippen LogP contribution is -2.50. The molecule has 1 aliphatic heterocycles. The van der Waals surface area contributed by atoms with Crippen molar-refractivity contribution in [3.05, 3.63) is 47.2 Å². The van der Waals surface area contributed by atoms with E-state index in [1.165, 1.54) is 16.8 Å². The average Bonchev–Trinajstić information content (AvgIpc) is 2.62. The summed E-state index contributed by atoms with van der Waals surface area (Å²) < 4.78 is 0. The summed E-state index contributed by atoms with van der Waals surface area (Å²) in [6.45, 7) is 11.4. The lowest BCUT2D eigenvalue weighted by Gasteiger charge is -2.33. The molecule has 1 heterocycles. The van der Waals surface area contributed by atoms with Crippen LogP contribution in [0.25, 0.3) is 0 Å². The minimum absolute atomic E-state index is 0.0224. The summed E-state index contributed by atoms with van der Waals surface area (Å²) in [6, 6.07) is 8.40. The van der Waals surface area contributed by atoms with Gasteiger partial charge in [0.05, 0.1) is 12.8 Å². The van der Waals surface area contributed by atoms with Gasteiger partial charge in [0.15, 0.2) is 0 Å². The number of aliphatic hydroxyl groups is 2. The van der Waals surface area contributed by atoms with E-state index in [1.54, 1.807) is 0 Å². The Balaban J connectivity index is 1.85. The first-order valence-electron chi connectivity index (χ1n) is 9.91. The van der Waals surface area contributed by atoms with Gasteiger partial charge in [-0.25, -0.2) is 0 Å². The Kier molecular flexibility index (Phi) is 7.86. The zero-order valence-electron chi connectivity index (χ0n) is 17.6. The van der Waals surface area contributed by atoms with E-state index >= 15 is 0 Å². The van der Waals surface area contributed by atoms with Crippen molar-refractivity contribution in [2.24, 2.45) is 5.41 Å². The molecule has 0 bridgehead atoms. The molecule has 5 nitrogen and oxygen atoms in total. The summed E-state index contributed by atoms with van der Waals surface area (Å²) in [6.07, 6.45) is 2.57. The van der Waals surface area contributed by atoms with Gasteiger partial charge in [-0.1, -0.05) is 51.1 Å². The van der Waals surface area contributed by atoms with Crippen LogP contribution < -0.4 is 5.32 Å². The van der Waals surface area contributed by atoms with E-state index < -0.39 is 6.10 Å². The van der Waals surface area contributed by atoms with Crippen LogP contribution in [-0.2, 0) is 13.0 Å². The number of allylic oxidation sites excluding steroid dienone is 2. The Morgan fingerprint density at radius 3 is 2.56 bits per heavy atom. The molecule has 0 saturated carbocycles. The monoisotopic (exact) mass is 375 g/mol. The second-order valence-corrected chi connectivity index (χ2v) is 8.82. The van der Waals surface area contributed by atoms with Crippen molar-refractivity contribution in [3.8, 4) is 0 Å². The van der Waals surface area contributed by atoms with Crippen LogP contribution >= 0.6 is 0 Å². The molecule has 0 amide bonds. The summed E-state index contributed by atoms with van der Waals surface area (Å²) in [5, 5.41) is 23.9. The SMILES string of the molecule is C/C(=C\C(C)(C)C)N(C)CCN(CO)C[C@@H](O)[C@@H]1Cc2ccccc2CN1. The molecule has 152 valence electrons. The van der Waals surface area contributed by atoms with Crippen molar-refractivity contribution in [3.63, 3.8) is 0 Å². The maximum Gasteiger partial charge on any atom is 0.0958 e. The zero-order valence-corrected chi connectivity index (χ0v) is 17.6. The molecule has 0 radical (unpaired) electrons. The molecule has 2 atom stereocenters. The number of nitrogens with one attached hydrogen (secondary N) is 1. The third-order valence-electron chi connectivity index (χ3n) is 5.22. The number of likely N-dealkylation sites (N-methyl/N-ethyl adjacent to an activating group) is 1. The fourth-order valence-corrected chi connectivity index (χ4v) is 3.57. The first-order chi connectivity index (χ1) is 12.7. The van der Waals surface area contributed by atoms with Gasteiger partial charge >= 0.3 is 0 Å². The number of fused-ring (bicyclic) bond motifs is 1. The minimum Gasteiger partial charge on any atom is -0.390 e. The van der Waals surface area contributed by atoms with E-state index in [1.807, 2.05) is 4.90 Å². The number of hydrogen-bond donors (Lipinski definition) is 3. The summed E-state index contributed by atoms with van der Waals surface area (Å²) in [7, 11) is 2.07. The summed E-state index contributed by atoms with van der Waals surface area (Å²) in [4.78, 5) is 4.11. The highest BCUT2D eigenvalue weighted by atomic mass is 16.3. The number of benzene rings is 1. The molecule has 0 fully saturated rings. The molecule has 0 unspecified atom stereocenters. The lowest BCUT2D eigenvalue weighted by atomic mass is 9.93. The van der Waals surface area contributed by atoms with Gasteiger partial charge in [0.2, 0.25) is 0 Å². The second-order valence-electron chi connectivity index (χ2n) is 8.82. The van der Waals surface area contributed by atoms with Gasteiger partial charge in [0, 0.05) is 45.0 Å². The molecule has 3 N–H and O–H groups in total. The smallest absolute Gasteiger partial charge is 0.0958 e. The van der Waals surface area contributed by atoms with E-state index in [9.17, 15) is 10.2 Å². The molecule has 0 aliphatic carbocycles. The standard InChI is InChI=1S/C22H37N3O2/c1-17(13-22(2,3)4)24(5)10-11-25(16-26)15-21(27)20-12-18-8-6-7-9-19(18)14-23-20/h6-9,13,20-21,23,26-27H,10-12,14-16H2,1-5H3/b17-13+/t20-,21+/m0/s1. The van der Waals surface area contributed by atoms with Crippen molar-refractivity contribution >= 4 is 0 Å². The molecule has 1 aliphatic rings. The van der Waals surface area contributed by atoms with Crippen molar-refractivity contribution in [1.29, 1.82) is 0 Å². The Hall–Kier alpha value is -1.40. The molecule has 1 aromatic rings. The van der Waals surface area contributed by atoms with E-state index in [0.29, 0.717) is 13.1 Å². The molecule has 0 saturated heterocycles. The summed E-state index contributed by atoms with van der Waals surface area (Å²) >= 11 is 0. The first-order valence-corrected chi connectivity index (χ1v) is 9.91. The van der Waals surface area contributed by atoms with Crippen LogP contribution in [0.1, 0.15) is 38.8 Å². The maximum atomic E-state index is 10.7. The van der Waals surface area contributed by atoms with E-state index in [2.05, 4.69) is 75.3 Å². The van der Waals surface area contributed by atoms with Gasteiger partial charge in [-0.05, 0) is 29.9 Å². The van der Waals surface area contributed by atoms with E-state index in [-0.39, 0.29) is 18.2 Å². The van der Waals surface area contributed by atoms with E-state index in [4.69, 9.17) is 0 Å². The Labute approximate surface area is 164 Å². The van der Waals surface area contributed by atoms with Gasteiger partial charge < -0.3 is 20.4 Å². The number of nitrogens with zero attached hydrogens (tertiary/aromatic N) is 2. The highest BCUT2D eigenvalue weighted by Crippen LogP contribution is 2.19. The van der Waals surface area contributed by atoms with Crippen LogP contribution in [0.2, 0.25) is 0 Å². The molecule has 27 heavy (non-hydrogen) atoms. The molecule has 0 spiro atoms. The first kappa shape index (κ1) is 21.9. The van der Waals surface area contributed by atoms with Crippen LogP contribution in [0.4, 0.5) is 0 Å². The average molecular weight is 376 g/mol. The molecular formula is C22H37N3O2. The Morgan fingerprint density at radius 1 is 1.26 bits per heavy atom. The molecule has 2 rings (SSSR count). The van der Waals surface area contributed by atoms with Gasteiger partial charge in [-0.3, -0.25) is 4.90 Å². The second kappa shape index (κ2) is 9.69. The molecular weight excluding hydrogens is 338 g/mol. The van der Waals surface area contributed by atoms with Crippen LogP contribution in [-0.4, -0.2) is 65.6 Å². The third kappa shape index (κ3) is 6.92. The number of rotatable bonds is 8. The van der Waals surface area contributed by atoms with Crippen LogP contribution in [0.3, 0.4) is 0 Å². The van der Waals surface area contributed by atoms with Gasteiger partial charge in [-0.2, -0.15) is 0 Å². The molecule has 1 aromatic carbocycles. The van der Waals surface area contributed by atoms with Gasteiger partial charge in [0.1, 0.15) is 0 Å². The summed E-state index contributed by atoms with van der Waals surface area (Å²) in [5.41, 5.74) is 3.99. The van der Waals surface area contributed by atoms with Crippen molar-refractivity contribution in [2.75, 3.05) is 33.4 Å². The maximum absolute atomic E-state index is 10.7. The largest absolute Gasteiger partial charge is 0.390 e. The third-order valence-corrected chi connectivity index (χ3v) is 5.22. The fraction of sp³-hybridized carbons (Fsp3) is 0.636. The predicted octanol–water partition coefficient (Wildman–Crippen LogP) is 2.20. The van der Waals surface area contributed by atoms with Gasteiger partial charge in [0.25, 0.3) is 0 Å². The quantitative estimate of drug-likeness (QED) is 0.608. The minimum atomic E-state index is -0.512. The topological polar surface area (TPSA) is 59.0 Å². The summed E-state index contributed by atoms with van der Waals surface area (Å²) in [5.74, 6) is 0. The zero-order chi connectivity index (χ0) is 20.0. The predicted molar refractivity (Wildman–Crippen MR) is 111 cm³/mol. The Morgan fingerprint density at radius 2 is 1.93 bits per heavy atom. The van der Waals surface area contributed by atoms with Crippen molar-refractivity contribution in [1.82, 2.24) is 15.1 Å². The molecule has 0 aromatic heterocycles. The van der Waals surface area contributed by atoms with Crippen molar-refractivity contribution in [2.45, 2.75) is 52.8 Å². The van der Waals surface area contributed by atoms with Gasteiger partial charge in [-0.15, -0.1) is 0 Å². The van der Waals surface area contributed by atoms with E-state index in [0.717, 1.165) is 19.5 Å². The highest BCUT2D eigenvalue weighted by molar-refractivity contribution is 5.30. The highest BCUT2D eigenvalue weighted by Gasteiger charge is 2.25. The normalized spacial score (nSPS) is 19.1. The Bertz CT molecular complexity index is 624. The van der Waals surface area contributed by atoms with Crippen LogP contribution in [0.15, 0.2) is 36.0 Å². The van der Waals surface area contributed by atoms with Crippen LogP contribution in [0.5, 0.6) is 0 Å².